The molecule has 0 spiro atoms. The topological polar surface area (TPSA) is 37.3 Å². The first kappa shape index (κ1) is 12.7. The third kappa shape index (κ3) is 2.58. The van der Waals surface area contributed by atoms with Gasteiger partial charge in [0.15, 0.2) is 0 Å². The fraction of sp³-hybridized carbons (Fsp3) is 0. The van der Waals surface area contributed by atoms with Crippen molar-refractivity contribution in [2.45, 2.75) is 0 Å². The van der Waals surface area contributed by atoms with Crippen molar-refractivity contribution in [1.82, 2.24) is 0 Å². The van der Waals surface area contributed by atoms with E-state index in [0.717, 1.165) is 15.2 Å². The number of carboxylic acids is 1. The minimum atomic E-state index is -0.895. The molecule has 0 unspecified atom stereocenters. The number of rotatable bonds is 1. The third-order valence-corrected chi connectivity index (χ3v) is 2.57. The molecule has 0 atom stereocenters. The monoisotopic (exact) mass is 452 g/mol. The predicted molar refractivity (Wildman–Crippen MR) is 58.6 cm³/mol. The fourth-order valence-corrected chi connectivity index (χ4v) is 1.79. The summed E-state index contributed by atoms with van der Waals surface area (Å²) < 4.78 is 0.888. The molecule has 0 radical (unpaired) electrons. The van der Waals surface area contributed by atoms with Crippen molar-refractivity contribution in [3.05, 3.63) is 46.4 Å². The van der Waals surface area contributed by atoms with Gasteiger partial charge in [-0.15, -0.1) is 0 Å². The van der Waals surface area contributed by atoms with E-state index >= 15 is 0 Å². The van der Waals surface area contributed by atoms with Gasteiger partial charge in [-0.05, 0) is 29.0 Å². The number of fused-ring (bicyclic) bond motifs is 1. The Bertz CT molecular complexity index is 511. The van der Waals surface area contributed by atoms with Gasteiger partial charge in [-0.1, -0.05) is 34.1 Å². The Labute approximate surface area is 116 Å². The van der Waals surface area contributed by atoms with E-state index in [1.54, 1.807) is 12.1 Å². The molecular formula is C11H7BrHgO2. The van der Waals surface area contributed by atoms with Crippen LogP contribution in [0.3, 0.4) is 0 Å². The Morgan fingerprint density at radius 1 is 1.20 bits per heavy atom. The van der Waals surface area contributed by atoms with E-state index in [-0.39, 0.29) is 27.7 Å². The van der Waals surface area contributed by atoms with E-state index < -0.39 is 5.97 Å². The molecule has 0 bridgehead atoms. The maximum absolute atomic E-state index is 10.9. The van der Waals surface area contributed by atoms with Crippen molar-refractivity contribution in [3.63, 3.8) is 0 Å². The number of halogens is 1. The zero-order valence-corrected chi connectivity index (χ0v) is 15.0. The van der Waals surface area contributed by atoms with E-state index in [2.05, 4.69) is 15.9 Å². The van der Waals surface area contributed by atoms with Crippen LogP contribution in [0.25, 0.3) is 10.8 Å². The van der Waals surface area contributed by atoms with Crippen LogP contribution < -0.4 is 0 Å². The molecule has 2 rings (SSSR count). The molecular weight excluding hydrogens is 445 g/mol. The molecule has 2 aromatic rings. The van der Waals surface area contributed by atoms with Gasteiger partial charge in [0.2, 0.25) is 0 Å². The summed E-state index contributed by atoms with van der Waals surface area (Å²) in [4.78, 5) is 10.9. The molecule has 0 aliphatic rings. The Hall–Kier alpha value is -0.415. The van der Waals surface area contributed by atoms with Crippen molar-refractivity contribution < 1.29 is 37.6 Å². The van der Waals surface area contributed by atoms with Crippen LogP contribution in [-0.4, -0.2) is 11.1 Å². The molecule has 72 valence electrons. The Morgan fingerprint density at radius 2 is 1.93 bits per heavy atom. The molecule has 0 aliphatic carbocycles. The molecule has 15 heavy (non-hydrogen) atoms. The van der Waals surface area contributed by atoms with Gasteiger partial charge in [-0.2, -0.15) is 0 Å². The summed E-state index contributed by atoms with van der Waals surface area (Å²) in [7, 11) is 0. The Morgan fingerprint density at radius 3 is 2.60 bits per heavy atom. The van der Waals surface area contributed by atoms with Gasteiger partial charge < -0.3 is 5.11 Å². The van der Waals surface area contributed by atoms with E-state index in [1.165, 1.54) is 0 Å². The third-order valence-electron chi connectivity index (χ3n) is 2.07. The second-order valence-corrected chi connectivity index (χ2v) is 3.89. The molecule has 0 saturated carbocycles. The summed E-state index contributed by atoms with van der Waals surface area (Å²) >= 11 is 3.32. The zero-order chi connectivity index (χ0) is 10.1. The maximum Gasteiger partial charge on any atom is 0.336 e. The standard InChI is InChI=1S/C11H7BrO2.Hg/c12-8-5-4-7-2-1-3-9(11(13)14)10(7)6-8;/h1-6H,(H,13,14);. The second kappa shape index (κ2) is 5.08. The average molecular weight is 452 g/mol. The molecule has 0 fully saturated rings. The second-order valence-electron chi connectivity index (χ2n) is 2.98. The van der Waals surface area contributed by atoms with Crippen LogP contribution in [0.5, 0.6) is 0 Å². The number of aromatic carboxylic acids is 1. The van der Waals surface area contributed by atoms with Gasteiger partial charge in [0.1, 0.15) is 0 Å². The van der Waals surface area contributed by atoms with Gasteiger partial charge in [0.05, 0.1) is 5.56 Å². The number of hydrogen-bond donors (Lipinski definition) is 1. The largest absolute Gasteiger partial charge is 0.478 e. The van der Waals surface area contributed by atoms with Gasteiger partial charge >= 0.3 is 5.97 Å². The summed E-state index contributed by atoms with van der Waals surface area (Å²) in [6.07, 6.45) is 0. The SMILES string of the molecule is O=C(O)c1cccc2ccc(Br)cc12.[Hg]. The van der Waals surface area contributed by atoms with Crippen molar-refractivity contribution in [3.8, 4) is 0 Å². The molecule has 0 aliphatic heterocycles. The number of carboxylic acid groups (broad SMARTS) is 1. The van der Waals surface area contributed by atoms with Crippen molar-refractivity contribution >= 4 is 32.7 Å². The van der Waals surface area contributed by atoms with Crippen LogP contribution in [0, 0.1) is 0 Å². The van der Waals surface area contributed by atoms with E-state index in [4.69, 9.17) is 5.11 Å². The molecule has 4 heteroatoms. The first-order valence-electron chi connectivity index (χ1n) is 4.10. The summed E-state index contributed by atoms with van der Waals surface area (Å²) in [5, 5.41) is 10.7. The quantitative estimate of drug-likeness (QED) is 0.676. The Kier molecular flexibility index (Phi) is 4.28. The Balaban J connectivity index is 0.00000112. The molecule has 0 aromatic heterocycles. The van der Waals surface area contributed by atoms with Gasteiger partial charge in [0, 0.05) is 32.1 Å². The molecule has 2 nitrogen and oxygen atoms in total. The average Bonchev–Trinajstić information content (AvgIpc) is 2.16. The van der Waals surface area contributed by atoms with Crippen LogP contribution in [0.15, 0.2) is 40.9 Å². The van der Waals surface area contributed by atoms with Crippen LogP contribution >= 0.6 is 15.9 Å². The summed E-state index contributed by atoms with van der Waals surface area (Å²) in [6, 6.07) is 10.9. The van der Waals surface area contributed by atoms with Crippen LogP contribution in [0.2, 0.25) is 0 Å². The van der Waals surface area contributed by atoms with Crippen molar-refractivity contribution in [2.24, 2.45) is 0 Å². The van der Waals surface area contributed by atoms with Crippen LogP contribution in [0.4, 0.5) is 0 Å². The number of carbonyl (C=O) groups is 1. The molecule has 0 amide bonds. The fourth-order valence-electron chi connectivity index (χ4n) is 1.43. The molecule has 0 saturated heterocycles. The summed E-state index contributed by atoms with van der Waals surface area (Å²) in [6.45, 7) is 0. The number of hydrogen-bond acceptors (Lipinski definition) is 1. The maximum atomic E-state index is 10.9. The van der Waals surface area contributed by atoms with Gasteiger partial charge in [0.25, 0.3) is 0 Å². The van der Waals surface area contributed by atoms with Crippen molar-refractivity contribution in [2.75, 3.05) is 0 Å². The summed E-state index contributed by atoms with van der Waals surface area (Å²) in [5.74, 6) is -0.895. The zero-order valence-electron chi connectivity index (χ0n) is 7.90. The van der Waals surface area contributed by atoms with Gasteiger partial charge in [-0.3, -0.25) is 0 Å². The van der Waals surface area contributed by atoms with E-state index in [1.807, 2.05) is 24.3 Å². The minimum absolute atomic E-state index is 0. The van der Waals surface area contributed by atoms with Crippen LogP contribution in [0.1, 0.15) is 10.4 Å². The first-order chi connectivity index (χ1) is 6.68. The smallest absolute Gasteiger partial charge is 0.336 e. The van der Waals surface area contributed by atoms with Crippen molar-refractivity contribution in [1.29, 1.82) is 0 Å². The molecule has 1 N–H and O–H groups in total. The number of benzene rings is 2. The predicted octanol–water partition coefficient (Wildman–Crippen LogP) is 3.30. The van der Waals surface area contributed by atoms with Gasteiger partial charge in [-0.25, -0.2) is 4.79 Å². The summed E-state index contributed by atoms with van der Waals surface area (Å²) in [5.41, 5.74) is 0.337. The normalized spacial score (nSPS) is 9.67. The first-order valence-corrected chi connectivity index (χ1v) is 4.89. The minimum Gasteiger partial charge on any atom is -0.478 e. The molecule has 0 heterocycles. The van der Waals surface area contributed by atoms with E-state index in [0.29, 0.717) is 5.56 Å². The van der Waals surface area contributed by atoms with Crippen LogP contribution in [-0.2, 0) is 27.7 Å². The molecule has 2 aromatic carbocycles. The van der Waals surface area contributed by atoms with E-state index in [9.17, 15) is 4.79 Å².